The third kappa shape index (κ3) is 1.22. The Morgan fingerprint density at radius 3 is 2.62 bits per heavy atom. The zero-order valence-corrected chi connectivity index (χ0v) is 8.28. The van der Waals surface area contributed by atoms with Gasteiger partial charge in [-0.1, -0.05) is 12.1 Å². The standard InChI is InChI=1S/C11H14N2/c1-8(2)13-9(3)12-10-6-4-5-7-11(10)13/h4-8H,1-3H3. The van der Waals surface area contributed by atoms with Crippen molar-refractivity contribution in [1.29, 1.82) is 0 Å². The minimum absolute atomic E-state index is 0.479. The van der Waals surface area contributed by atoms with E-state index in [0.29, 0.717) is 6.04 Å². The maximum atomic E-state index is 4.50. The van der Waals surface area contributed by atoms with Gasteiger partial charge in [0.25, 0.3) is 0 Å². The summed E-state index contributed by atoms with van der Waals surface area (Å²) in [6.45, 7) is 6.42. The molecule has 0 spiro atoms. The fraction of sp³-hybridized carbons (Fsp3) is 0.364. The SMILES string of the molecule is Cc1nc2ccccc2n1C(C)C. The van der Waals surface area contributed by atoms with Crippen LogP contribution in [-0.2, 0) is 0 Å². The molecule has 0 unspecified atom stereocenters. The number of fused-ring (bicyclic) bond motifs is 1. The Morgan fingerprint density at radius 1 is 1.23 bits per heavy atom. The first-order valence-corrected chi connectivity index (χ1v) is 4.63. The van der Waals surface area contributed by atoms with Crippen molar-refractivity contribution in [2.45, 2.75) is 26.8 Å². The van der Waals surface area contributed by atoms with Crippen molar-refractivity contribution in [2.24, 2.45) is 0 Å². The smallest absolute Gasteiger partial charge is 0.106 e. The fourth-order valence-electron chi connectivity index (χ4n) is 1.82. The summed E-state index contributed by atoms with van der Waals surface area (Å²) >= 11 is 0. The normalized spacial score (nSPS) is 11.4. The zero-order valence-electron chi connectivity index (χ0n) is 8.28. The molecule has 2 rings (SSSR count). The lowest BCUT2D eigenvalue weighted by Gasteiger charge is -2.10. The zero-order chi connectivity index (χ0) is 9.42. The fourth-order valence-corrected chi connectivity index (χ4v) is 1.82. The van der Waals surface area contributed by atoms with E-state index in [1.807, 2.05) is 6.07 Å². The van der Waals surface area contributed by atoms with Gasteiger partial charge in [0.15, 0.2) is 0 Å². The van der Waals surface area contributed by atoms with Crippen molar-refractivity contribution in [2.75, 3.05) is 0 Å². The number of hydrogen-bond donors (Lipinski definition) is 0. The first-order valence-electron chi connectivity index (χ1n) is 4.63. The van der Waals surface area contributed by atoms with Crippen molar-refractivity contribution in [3.05, 3.63) is 30.1 Å². The molecule has 0 atom stereocenters. The van der Waals surface area contributed by atoms with Gasteiger partial charge >= 0.3 is 0 Å². The molecule has 0 N–H and O–H groups in total. The summed E-state index contributed by atoms with van der Waals surface area (Å²) < 4.78 is 2.26. The Labute approximate surface area is 78.2 Å². The number of benzene rings is 1. The van der Waals surface area contributed by atoms with Crippen LogP contribution < -0.4 is 0 Å². The molecule has 13 heavy (non-hydrogen) atoms. The lowest BCUT2D eigenvalue weighted by Crippen LogP contribution is -2.02. The second-order valence-corrected chi connectivity index (χ2v) is 3.61. The highest BCUT2D eigenvalue weighted by Gasteiger charge is 2.08. The number of rotatable bonds is 1. The molecule has 0 bridgehead atoms. The van der Waals surface area contributed by atoms with Crippen LogP contribution in [0, 0.1) is 6.92 Å². The minimum atomic E-state index is 0.479. The summed E-state index contributed by atoms with van der Waals surface area (Å²) in [5.41, 5.74) is 2.32. The molecular formula is C11H14N2. The van der Waals surface area contributed by atoms with Crippen LogP contribution in [-0.4, -0.2) is 9.55 Å². The van der Waals surface area contributed by atoms with Crippen LogP contribution in [0.3, 0.4) is 0 Å². The number of para-hydroxylation sites is 2. The predicted molar refractivity (Wildman–Crippen MR) is 54.9 cm³/mol. The Balaban J connectivity index is 2.78. The molecule has 0 aliphatic heterocycles. The summed E-state index contributed by atoms with van der Waals surface area (Å²) in [6.07, 6.45) is 0. The first-order chi connectivity index (χ1) is 6.20. The van der Waals surface area contributed by atoms with Gasteiger partial charge in [-0.25, -0.2) is 4.98 Å². The van der Waals surface area contributed by atoms with Gasteiger partial charge in [-0.05, 0) is 32.9 Å². The van der Waals surface area contributed by atoms with Crippen molar-refractivity contribution in [3.63, 3.8) is 0 Å². The molecule has 0 aliphatic carbocycles. The van der Waals surface area contributed by atoms with E-state index in [9.17, 15) is 0 Å². The minimum Gasteiger partial charge on any atom is -0.326 e. The average molecular weight is 174 g/mol. The molecule has 0 fully saturated rings. The summed E-state index contributed by atoms with van der Waals surface area (Å²) in [5, 5.41) is 0. The maximum Gasteiger partial charge on any atom is 0.106 e. The molecule has 0 radical (unpaired) electrons. The van der Waals surface area contributed by atoms with E-state index >= 15 is 0 Å². The number of imidazole rings is 1. The van der Waals surface area contributed by atoms with E-state index in [2.05, 4.69) is 48.5 Å². The molecule has 1 aromatic carbocycles. The molecular weight excluding hydrogens is 160 g/mol. The highest BCUT2D eigenvalue weighted by molar-refractivity contribution is 5.75. The van der Waals surface area contributed by atoms with E-state index < -0.39 is 0 Å². The molecule has 2 aromatic rings. The second-order valence-electron chi connectivity index (χ2n) is 3.61. The first kappa shape index (κ1) is 8.30. The van der Waals surface area contributed by atoms with Gasteiger partial charge in [-0.3, -0.25) is 0 Å². The number of nitrogens with zero attached hydrogens (tertiary/aromatic N) is 2. The van der Waals surface area contributed by atoms with Crippen molar-refractivity contribution < 1.29 is 0 Å². The van der Waals surface area contributed by atoms with Gasteiger partial charge in [0.2, 0.25) is 0 Å². The van der Waals surface area contributed by atoms with Gasteiger partial charge in [0.1, 0.15) is 5.82 Å². The Kier molecular flexibility index (Phi) is 1.83. The molecule has 0 aliphatic rings. The van der Waals surface area contributed by atoms with Crippen LogP contribution >= 0.6 is 0 Å². The summed E-state index contributed by atoms with van der Waals surface area (Å²) in [6, 6.07) is 8.74. The van der Waals surface area contributed by atoms with Crippen molar-refractivity contribution in [3.8, 4) is 0 Å². The number of aryl methyl sites for hydroxylation is 1. The Bertz CT molecular complexity index is 427. The van der Waals surface area contributed by atoms with Gasteiger partial charge < -0.3 is 4.57 Å². The molecule has 0 saturated carbocycles. The number of hydrogen-bond acceptors (Lipinski definition) is 1. The molecule has 0 amide bonds. The topological polar surface area (TPSA) is 17.8 Å². The van der Waals surface area contributed by atoms with Gasteiger partial charge in [0.05, 0.1) is 11.0 Å². The lowest BCUT2D eigenvalue weighted by molar-refractivity contribution is 0.600. The monoisotopic (exact) mass is 174 g/mol. The summed E-state index contributed by atoms with van der Waals surface area (Å²) in [5.74, 6) is 1.09. The highest BCUT2D eigenvalue weighted by Crippen LogP contribution is 2.19. The van der Waals surface area contributed by atoms with E-state index in [4.69, 9.17) is 0 Å². The van der Waals surface area contributed by atoms with E-state index in [-0.39, 0.29) is 0 Å². The third-order valence-electron chi connectivity index (χ3n) is 2.29. The van der Waals surface area contributed by atoms with Crippen LogP contribution in [0.15, 0.2) is 24.3 Å². The number of aromatic nitrogens is 2. The van der Waals surface area contributed by atoms with E-state index in [1.165, 1.54) is 5.52 Å². The molecule has 0 saturated heterocycles. The Morgan fingerprint density at radius 2 is 1.92 bits per heavy atom. The Hall–Kier alpha value is -1.31. The van der Waals surface area contributed by atoms with Crippen LogP contribution in [0.25, 0.3) is 11.0 Å². The van der Waals surface area contributed by atoms with Crippen molar-refractivity contribution >= 4 is 11.0 Å². The van der Waals surface area contributed by atoms with E-state index in [0.717, 1.165) is 11.3 Å². The molecule has 2 heteroatoms. The third-order valence-corrected chi connectivity index (χ3v) is 2.29. The quantitative estimate of drug-likeness (QED) is 0.650. The second kappa shape index (κ2) is 2.87. The largest absolute Gasteiger partial charge is 0.326 e. The van der Waals surface area contributed by atoms with Crippen LogP contribution in [0.2, 0.25) is 0 Å². The van der Waals surface area contributed by atoms with Gasteiger partial charge in [-0.15, -0.1) is 0 Å². The predicted octanol–water partition coefficient (Wildman–Crippen LogP) is 2.93. The average Bonchev–Trinajstić information content (AvgIpc) is 2.39. The van der Waals surface area contributed by atoms with Crippen LogP contribution in [0.4, 0.5) is 0 Å². The molecule has 1 heterocycles. The molecule has 68 valence electrons. The van der Waals surface area contributed by atoms with Gasteiger partial charge in [-0.2, -0.15) is 0 Å². The van der Waals surface area contributed by atoms with Crippen molar-refractivity contribution in [1.82, 2.24) is 9.55 Å². The summed E-state index contributed by atoms with van der Waals surface area (Å²) in [7, 11) is 0. The maximum absolute atomic E-state index is 4.50. The lowest BCUT2D eigenvalue weighted by atomic mass is 10.3. The van der Waals surface area contributed by atoms with Crippen LogP contribution in [0.1, 0.15) is 25.7 Å². The van der Waals surface area contributed by atoms with Crippen LogP contribution in [0.5, 0.6) is 0 Å². The highest BCUT2D eigenvalue weighted by atomic mass is 15.1. The molecule has 2 nitrogen and oxygen atoms in total. The van der Waals surface area contributed by atoms with E-state index in [1.54, 1.807) is 0 Å². The summed E-state index contributed by atoms with van der Waals surface area (Å²) in [4.78, 5) is 4.50. The van der Waals surface area contributed by atoms with Gasteiger partial charge in [0, 0.05) is 6.04 Å². The molecule has 1 aromatic heterocycles.